The fourth-order valence-electron chi connectivity index (χ4n) is 4.16. The van der Waals surface area contributed by atoms with E-state index in [1.807, 2.05) is 45.0 Å². The zero-order valence-corrected chi connectivity index (χ0v) is 14.5. The Hall–Kier alpha value is -1.88. The van der Waals surface area contributed by atoms with Crippen LogP contribution in [0.15, 0.2) is 24.3 Å². The topological polar surface area (TPSA) is 75.6 Å². The molecule has 0 aromatic heterocycles. The van der Waals surface area contributed by atoms with Gasteiger partial charge in [0.15, 0.2) is 0 Å². The van der Waals surface area contributed by atoms with Gasteiger partial charge in [-0.2, -0.15) is 0 Å². The van der Waals surface area contributed by atoms with Gasteiger partial charge in [0.2, 0.25) is 5.91 Å². The molecule has 5 heteroatoms. The minimum atomic E-state index is -1.26. The first-order valence-corrected chi connectivity index (χ1v) is 8.58. The number of fused-ring (bicyclic) bond motifs is 1. The molecule has 1 aromatic carbocycles. The van der Waals surface area contributed by atoms with Crippen molar-refractivity contribution in [2.24, 2.45) is 5.41 Å². The molecule has 1 fully saturated rings. The van der Waals surface area contributed by atoms with Crippen LogP contribution >= 0.6 is 0 Å². The van der Waals surface area contributed by atoms with Gasteiger partial charge in [-0.05, 0) is 30.9 Å². The van der Waals surface area contributed by atoms with Gasteiger partial charge < -0.3 is 15.2 Å². The van der Waals surface area contributed by atoms with Crippen LogP contribution in [0.3, 0.4) is 0 Å². The van der Waals surface area contributed by atoms with E-state index in [1.54, 1.807) is 0 Å². The third-order valence-electron chi connectivity index (χ3n) is 5.92. The van der Waals surface area contributed by atoms with E-state index in [-0.39, 0.29) is 17.9 Å². The second kappa shape index (κ2) is 5.88. The second-order valence-electron chi connectivity index (χ2n) is 7.36. The van der Waals surface area contributed by atoms with Gasteiger partial charge >= 0.3 is 5.97 Å². The number of carbonyl (C=O) groups excluding carboxylic acids is 1. The molecule has 1 saturated carbocycles. The van der Waals surface area contributed by atoms with E-state index >= 15 is 0 Å². The zero-order chi connectivity index (χ0) is 17.5. The first-order valence-electron chi connectivity index (χ1n) is 8.58. The summed E-state index contributed by atoms with van der Waals surface area (Å²) in [5.41, 5.74) is 0.292. The van der Waals surface area contributed by atoms with Gasteiger partial charge in [-0.15, -0.1) is 0 Å². The van der Waals surface area contributed by atoms with E-state index in [2.05, 4.69) is 5.32 Å². The van der Waals surface area contributed by atoms with Crippen LogP contribution in [0.25, 0.3) is 0 Å². The molecule has 0 heterocycles. The van der Waals surface area contributed by atoms with Crippen molar-refractivity contribution in [2.75, 3.05) is 6.61 Å². The van der Waals surface area contributed by atoms with Gasteiger partial charge in [-0.3, -0.25) is 4.79 Å². The number of nitrogens with one attached hydrogen (secondary N) is 1. The molecular formula is C19H25NO4. The summed E-state index contributed by atoms with van der Waals surface area (Å²) in [5, 5.41) is 12.7. The SMILES string of the molecule is CCOC1CC(NC(=O)C2CCc3ccccc32)(C(=O)O)C1(C)C. The number of carboxylic acids is 1. The summed E-state index contributed by atoms with van der Waals surface area (Å²) < 4.78 is 5.65. The Balaban J connectivity index is 1.81. The number of amides is 1. The summed E-state index contributed by atoms with van der Waals surface area (Å²) >= 11 is 0. The first-order chi connectivity index (χ1) is 11.3. The zero-order valence-electron chi connectivity index (χ0n) is 14.5. The molecule has 2 aliphatic rings. The van der Waals surface area contributed by atoms with Gasteiger partial charge in [0.25, 0.3) is 0 Å². The van der Waals surface area contributed by atoms with E-state index in [4.69, 9.17) is 4.74 Å². The van der Waals surface area contributed by atoms with Crippen molar-refractivity contribution in [3.8, 4) is 0 Å². The highest BCUT2D eigenvalue weighted by Crippen LogP contribution is 2.52. The molecule has 0 spiro atoms. The molecule has 0 aliphatic heterocycles. The molecule has 24 heavy (non-hydrogen) atoms. The fraction of sp³-hybridized carbons (Fsp3) is 0.579. The lowest BCUT2D eigenvalue weighted by molar-refractivity contribution is -0.194. The summed E-state index contributed by atoms with van der Waals surface area (Å²) in [4.78, 5) is 24.9. The quantitative estimate of drug-likeness (QED) is 0.869. The Morgan fingerprint density at radius 3 is 2.67 bits per heavy atom. The number of aliphatic carboxylic acids is 1. The van der Waals surface area contributed by atoms with Gasteiger partial charge in [0.05, 0.1) is 12.0 Å². The summed E-state index contributed by atoms with van der Waals surface area (Å²) in [5.74, 6) is -1.44. The number of hydrogen-bond acceptors (Lipinski definition) is 3. The van der Waals surface area contributed by atoms with Gasteiger partial charge in [-0.1, -0.05) is 38.1 Å². The molecular weight excluding hydrogens is 306 g/mol. The van der Waals surface area contributed by atoms with Crippen molar-refractivity contribution >= 4 is 11.9 Å². The maximum Gasteiger partial charge on any atom is 0.330 e. The lowest BCUT2D eigenvalue weighted by atomic mass is 9.54. The number of hydrogen-bond donors (Lipinski definition) is 2. The summed E-state index contributed by atoms with van der Waals surface area (Å²) in [7, 11) is 0. The Morgan fingerprint density at radius 2 is 2.04 bits per heavy atom. The van der Waals surface area contributed by atoms with Crippen molar-refractivity contribution in [3.63, 3.8) is 0 Å². The van der Waals surface area contributed by atoms with E-state index in [0.717, 1.165) is 18.4 Å². The Bertz CT molecular complexity index is 669. The molecule has 5 nitrogen and oxygen atoms in total. The summed E-state index contributed by atoms with van der Waals surface area (Å²) in [6.45, 7) is 6.14. The number of rotatable bonds is 5. The number of ether oxygens (including phenoxy) is 1. The molecule has 0 saturated heterocycles. The fourth-order valence-corrected chi connectivity index (χ4v) is 4.16. The third kappa shape index (κ3) is 2.34. The van der Waals surface area contributed by atoms with Crippen LogP contribution < -0.4 is 5.32 Å². The van der Waals surface area contributed by atoms with Crippen LogP contribution in [-0.2, 0) is 20.7 Å². The van der Waals surface area contributed by atoms with Crippen LogP contribution in [0, 0.1) is 5.41 Å². The van der Waals surface area contributed by atoms with E-state index in [1.165, 1.54) is 5.56 Å². The molecule has 2 aliphatic carbocycles. The van der Waals surface area contributed by atoms with Gasteiger partial charge in [0, 0.05) is 18.4 Å². The Kier molecular flexibility index (Phi) is 4.16. The Morgan fingerprint density at radius 1 is 1.33 bits per heavy atom. The van der Waals surface area contributed by atoms with Crippen LogP contribution in [-0.4, -0.2) is 35.2 Å². The van der Waals surface area contributed by atoms with E-state index in [9.17, 15) is 14.7 Å². The lowest BCUT2D eigenvalue weighted by Crippen LogP contribution is -2.76. The van der Waals surface area contributed by atoms with Crippen molar-refractivity contribution in [1.29, 1.82) is 0 Å². The molecule has 2 N–H and O–H groups in total. The van der Waals surface area contributed by atoms with Gasteiger partial charge in [-0.25, -0.2) is 4.79 Å². The average Bonchev–Trinajstić information content (AvgIpc) is 2.97. The van der Waals surface area contributed by atoms with Crippen molar-refractivity contribution < 1.29 is 19.4 Å². The van der Waals surface area contributed by atoms with Crippen molar-refractivity contribution in [2.45, 2.75) is 57.6 Å². The summed E-state index contributed by atoms with van der Waals surface area (Å²) in [6, 6.07) is 7.90. The van der Waals surface area contributed by atoms with E-state index < -0.39 is 16.9 Å². The standard InChI is InChI=1S/C19H25NO4/c1-4-24-15-11-19(17(22)23,18(15,2)3)20-16(21)14-10-9-12-7-5-6-8-13(12)14/h5-8,14-15H,4,9-11H2,1-3H3,(H,20,21)(H,22,23). The Labute approximate surface area is 142 Å². The normalized spacial score (nSPS) is 30.3. The molecule has 0 bridgehead atoms. The number of carboxylic acid groups (broad SMARTS) is 1. The highest BCUT2D eigenvalue weighted by molar-refractivity contribution is 5.92. The van der Waals surface area contributed by atoms with Crippen LogP contribution in [0.5, 0.6) is 0 Å². The number of carbonyl (C=O) groups is 2. The molecule has 3 atom stereocenters. The van der Waals surface area contributed by atoms with Crippen molar-refractivity contribution in [3.05, 3.63) is 35.4 Å². The third-order valence-corrected chi connectivity index (χ3v) is 5.92. The minimum Gasteiger partial charge on any atom is -0.479 e. The highest BCUT2D eigenvalue weighted by Gasteiger charge is 2.66. The molecule has 1 amide bonds. The van der Waals surface area contributed by atoms with Gasteiger partial charge in [0.1, 0.15) is 5.54 Å². The van der Waals surface area contributed by atoms with Crippen LogP contribution in [0.1, 0.15) is 50.7 Å². The average molecular weight is 331 g/mol. The summed E-state index contributed by atoms with van der Waals surface area (Å²) in [6.07, 6.45) is 1.74. The lowest BCUT2D eigenvalue weighted by Gasteiger charge is -2.58. The largest absolute Gasteiger partial charge is 0.479 e. The predicted octanol–water partition coefficient (Wildman–Crippen LogP) is 2.49. The smallest absolute Gasteiger partial charge is 0.330 e. The second-order valence-corrected chi connectivity index (χ2v) is 7.36. The maximum atomic E-state index is 12.9. The molecule has 3 rings (SSSR count). The molecule has 0 radical (unpaired) electrons. The number of benzene rings is 1. The molecule has 1 aromatic rings. The highest BCUT2D eigenvalue weighted by atomic mass is 16.5. The first kappa shape index (κ1) is 17.0. The minimum absolute atomic E-state index is 0.158. The molecule has 3 unspecified atom stereocenters. The monoisotopic (exact) mass is 331 g/mol. The van der Waals surface area contributed by atoms with Crippen LogP contribution in [0.4, 0.5) is 0 Å². The maximum absolute atomic E-state index is 12.9. The van der Waals surface area contributed by atoms with Crippen molar-refractivity contribution in [1.82, 2.24) is 5.32 Å². The predicted molar refractivity (Wildman–Crippen MR) is 89.8 cm³/mol. The number of aryl methyl sites for hydroxylation is 1. The molecule has 130 valence electrons. The van der Waals surface area contributed by atoms with E-state index in [0.29, 0.717) is 13.0 Å². The van der Waals surface area contributed by atoms with Crippen LogP contribution in [0.2, 0.25) is 0 Å².